The zero-order valence-electron chi connectivity index (χ0n) is 20.1. The number of piperidine rings is 1. The van der Waals surface area contributed by atoms with Crippen LogP contribution >= 0.6 is 23.4 Å². The average molecular weight is 563 g/mol. The number of amides is 1. The molecule has 3 heterocycles. The Morgan fingerprint density at radius 1 is 1.21 bits per heavy atom. The molecule has 0 spiro atoms. The number of carboxylic acid groups (broad SMARTS) is 1. The largest absolute Gasteiger partial charge is 0.481 e. The van der Waals surface area contributed by atoms with Gasteiger partial charge in [-0.15, -0.1) is 0 Å². The van der Waals surface area contributed by atoms with Crippen molar-refractivity contribution in [3.8, 4) is 0 Å². The van der Waals surface area contributed by atoms with Crippen molar-refractivity contribution in [2.75, 3.05) is 13.1 Å². The van der Waals surface area contributed by atoms with Crippen LogP contribution in [0, 0.1) is 5.41 Å². The first kappa shape index (κ1) is 26.3. The van der Waals surface area contributed by atoms with E-state index < -0.39 is 23.1 Å². The lowest BCUT2D eigenvalue weighted by Gasteiger charge is -2.36. The minimum atomic E-state index is -4.54. The fourth-order valence-electron chi connectivity index (χ4n) is 4.52. The molecule has 198 valence electrons. The smallest absolute Gasteiger partial charge is 0.416 e. The molecule has 1 amide bonds. The Morgan fingerprint density at radius 2 is 1.95 bits per heavy atom. The van der Waals surface area contributed by atoms with Gasteiger partial charge in [-0.25, -0.2) is 0 Å². The number of aliphatic carboxylic acids is 1. The number of amidine groups is 1. The Labute approximate surface area is 225 Å². The van der Waals surface area contributed by atoms with Crippen molar-refractivity contribution in [1.29, 1.82) is 0 Å². The first-order chi connectivity index (χ1) is 17.9. The van der Waals surface area contributed by atoms with Gasteiger partial charge < -0.3 is 10.0 Å². The van der Waals surface area contributed by atoms with Crippen LogP contribution in [0.1, 0.15) is 36.5 Å². The summed E-state index contributed by atoms with van der Waals surface area (Å²) in [4.78, 5) is 30.6. The molecule has 2 aliphatic heterocycles. The molecule has 1 saturated heterocycles. The highest BCUT2D eigenvalue weighted by atomic mass is 35.5. The maximum atomic E-state index is 13.5. The van der Waals surface area contributed by atoms with Crippen molar-refractivity contribution in [1.82, 2.24) is 14.7 Å². The zero-order chi connectivity index (χ0) is 27.2. The lowest BCUT2D eigenvalue weighted by atomic mass is 9.81. The number of fused-ring (bicyclic) bond motifs is 1. The van der Waals surface area contributed by atoms with Crippen molar-refractivity contribution < 1.29 is 27.9 Å². The van der Waals surface area contributed by atoms with E-state index in [1.807, 2.05) is 11.0 Å². The van der Waals surface area contributed by atoms with Gasteiger partial charge in [-0.3, -0.25) is 14.3 Å². The molecule has 38 heavy (non-hydrogen) atoms. The maximum Gasteiger partial charge on any atom is 0.416 e. The van der Waals surface area contributed by atoms with Crippen LogP contribution in [-0.4, -0.2) is 49.9 Å². The van der Waals surface area contributed by atoms with E-state index >= 15 is 0 Å². The van der Waals surface area contributed by atoms with Crippen LogP contribution in [0.5, 0.6) is 0 Å². The summed E-state index contributed by atoms with van der Waals surface area (Å²) in [5.74, 6) is -1.18. The lowest BCUT2D eigenvalue weighted by molar-refractivity contribution is -0.150. The number of carbonyl (C=O) groups is 2. The second-order valence-electron chi connectivity index (χ2n) is 9.58. The number of aromatic nitrogens is 2. The summed E-state index contributed by atoms with van der Waals surface area (Å²) in [6.45, 7) is 2.65. The molecule has 1 aromatic heterocycles. The number of likely N-dealkylation sites (tertiary alicyclic amines) is 1. The first-order valence-electron chi connectivity index (χ1n) is 11.8. The third-order valence-electron chi connectivity index (χ3n) is 6.92. The fraction of sp³-hybridized carbons (Fsp3) is 0.308. The molecule has 0 radical (unpaired) electrons. The van der Waals surface area contributed by atoms with Crippen LogP contribution < -0.4 is 0 Å². The van der Waals surface area contributed by atoms with Crippen molar-refractivity contribution in [3.05, 3.63) is 69.2 Å². The number of carbonyl (C=O) groups excluding carboxylic acids is 1. The SMILES string of the molecule is CC1(C(=O)O)CCN(C2=NC(=O)C(=Cc3ccc4c(cnn4Cc4ccc(Cl)cc4C(F)(F)F)c3)S2)CC1. The van der Waals surface area contributed by atoms with E-state index in [0.29, 0.717) is 46.9 Å². The number of hydrogen-bond acceptors (Lipinski definition) is 5. The summed E-state index contributed by atoms with van der Waals surface area (Å²) in [5, 5.41) is 15.0. The summed E-state index contributed by atoms with van der Waals surface area (Å²) < 4.78 is 42.0. The van der Waals surface area contributed by atoms with E-state index in [1.54, 1.807) is 31.3 Å². The fourth-order valence-corrected chi connectivity index (χ4v) is 5.66. The minimum absolute atomic E-state index is 0.00886. The van der Waals surface area contributed by atoms with E-state index in [0.717, 1.165) is 11.6 Å². The second kappa shape index (κ2) is 9.77. The minimum Gasteiger partial charge on any atom is -0.481 e. The molecule has 5 rings (SSSR count). The van der Waals surface area contributed by atoms with Crippen LogP contribution in [0.4, 0.5) is 13.2 Å². The first-order valence-corrected chi connectivity index (χ1v) is 12.9. The summed E-state index contributed by atoms with van der Waals surface area (Å²) in [6.07, 6.45) is -0.322. The molecule has 2 aliphatic rings. The van der Waals surface area contributed by atoms with Gasteiger partial charge in [0.25, 0.3) is 5.91 Å². The number of nitrogens with zero attached hydrogens (tertiary/aromatic N) is 4. The molecule has 1 N–H and O–H groups in total. The van der Waals surface area contributed by atoms with Gasteiger partial charge in [-0.05, 0) is 73.0 Å². The van der Waals surface area contributed by atoms with Crippen LogP contribution in [0.25, 0.3) is 17.0 Å². The number of thioether (sulfide) groups is 1. The Bertz CT molecular complexity index is 1510. The number of aliphatic imine (C=N–C) groups is 1. The van der Waals surface area contributed by atoms with Crippen LogP contribution in [0.2, 0.25) is 5.02 Å². The Morgan fingerprint density at radius 3 is 2.63 bits per heavy atom. The molecule has 2 aromatic carbocycles. The van der Waals surface area contributed by atoms with Gasteiger partial charge >= 0.3 is 12.1 Å². The Kier molecular flexibility index (Phi) is 6.77. The average Bonchev–Trinajstić information content (AvgIpc) is 3.42. The molecular weight excluding hydrogens is 541 g/mol. The van der Waals surface area contributed by atoms with Gasteiger partial charge in [0.2, 0.25) is 0 Å². The van der Waals surface area contributed by atoms with Gasteiger partial charge in [-0.1, -0.05) is 23.7 Å². The normalized spacial score (nSPS) is 18.9. The monoisotopic (exact) mass is 562 g/mol. The van der Waals surface area contributed by atoms with Crippen molar-refractivity contribution in [3.63, 3.8) is 0 Å². The van der Waals surface area contributed by atoms with Crippen molar-refractivity contribution >= 4 is 57.4 Å². The van der Waals surface area contributed by atoms with E-state index in [4.69, 9.17) is 11.6 Å². The molecule has 7 nitrogen and oxygen atoms in total. The predicted octanol–water partition coefficient (Wildman–Crippen LogP) is 5.91. The van der Waals surface area contributed by atoms with Gasteiger partial charge in [0, 0.05) is 23.5 Å². The molecular formula is C26H22ClF3N4O3S. The molecule has 0 unspecified atom stereocenters. The third kappa shape index (κ3) is 5.17. The van der Waals surface area contributed by atoms with Crippen LogP contribution in [-0.2, 0) is 22.3 Å². The highest BCUT2D eigenvalue weighted by molar-refractivity contribution is 8.18. The van der Waals surface area contributed by atoms with E-state index in [1.165, 1.54) is 28.6 Å². The van der Waals surface area contributed by atoms with Crippen molar-refractivity contribution in [2.45, 2.75) is 32.5 Å². The standard InChI is InChI=1S/C26H22ClF3N4O3S/c1-25(23(36)37)6-8-33(9-7-25)24-32-22(35)21(38-24)11-15-2-5-20-17(10-15)13-31-34(20)14-16-3-4-18(27)12-19(16)26(28,29)30/h2-5,10-13H,6-9,14H2,1H3,(H,36,37). The lowest BCUT2D eigenvalue weighted by Crippen LogP contribution is -2.44. The number of rotatable bonds is 4. The second-order valence-corrected chi connectivity index (χ2v) is 11.0. The van der Waals surface area contributed by atoms with Crippen LogP contribution in [0.3, 0.4) is 0 Å². The molecule has 3 aromatic rings. The molecule has 0 atom stereocenters. The molecule has 0 aliphatic carbocycles. The third-order valence-corrected chi connectivity index (χ3v) is 8.20. The Balaban J connectivity index is 1.32. The van der Waals surface area contributed by atoms with Gasteiger partial charge in [0.1, 0.15) is 0 Å². The molecule has 0 saturated carbocycles. The molecule has 1 fully saturated rings. The summed E-state index contributed by atoms with van der Waals surface area (Å²) in [5.41, 5.74) is -0.151. The summed E-state index contributed by atoms with van der Waals surface area (Å²) in [7, 11) is 0. The summed E-state index contributed by atoms with van der Waals surface area (Å²) in [6, 6.07) is 9.01. The van der Waals surface area contributed by atoms with E-state index in [2.05, 4.69) is 10.1 Å². The van der Waals surface area contributed by atoms with Crippen LogP contribution in [0.15, 0.2) is 52.5 Å². The predicted molar refractivity (Wildman–Crippen MR) is 140 cm³/mol. The zero-order valence-corrected chi connectivity index (χ0v) is 21.7. The maximum absolute atomic E-state index is 13.5. The van der Waals surface area contributed by atoms with Gasteiger partial charge in [0.05, 0.1) is 34.1 Å². The highest BCUT2D eigenvalue weighted by Gasteiger charge is 2.39. The molecule has 0 bridgehead atoms. The van der Waals surface area contributed by atoms with Gasteiger partial charge in [0.15, 0.2) is 5.17 Å². The number of alkyl halides is 3. The van der Waals surface area contributed by atoms with Crippen molar-refractivity contribution in [2.24, 2.45) is 10.4 Å². The van der Waals surface area contributed by atoms with E-state index in [-0.39, 0.29) is 23.0 Å². The van der Waals surface area contributed by atoms with E-state index in [9.17, 15) is 27.9 Å². The Hall–Kier alpha value is -3.31. The summed E-state index contributed by atoms with van der Waals surface area (Å²) >= 11 is 7.04. The van der Waals surface area contributed by atoms with Gasteiger partial charge in [-0.2, -0.15) is 23.3 Å². The topological polar surface area (TPSA) is 87.8 Å². The quantitative estimate of drug-likeness (QED) is 0.398. The number of carboxylic acids is 1. The number of benzene rings is 2. The molecule has 12 heteroatoms. The highest BCUT2D eigenvalue weighted by Crippen LogP contribution is 2.37. The number of halogens is 4. The number of hydrogen-bond donors (Lipinski definition) is 1.